The Kier molecular flexibility index (Phi) is 22.6. The molecule has 1 heterocycles. The number of benzene rings is 1. The van der Waals surface area contributed by atoms with E-state index >= 15 is 0 Å². The molecular weight excluding hydrogens is 655 g/mol. The quantitative estimate of drug-likeness (QED) is 0.0496. The highest BCUT2D eigenvalue weighted by molar-refractivity contribution is 7.09. The first-order valence-corrected chi connectivity index (χ1v) is 21.5. The Hall–Kier alpha value is -2.71. The van der Waals surface area contributed by atoms with Crippen molar-refractivity contribution < 1.29 is 19.1 Å². The third-order valence-electron chi connectivity index (χ3n) is 10.2. The highest BCUT2D eigenvalue weighted by atomic mass is 32.1. The largest absolute Gasteiger partial charge is 0.426 e. The number of amides is 2. The summed E-state index contributed by atoms with van der Waals surface area (Å²) >= 11 is 1.84. The van der Waals surface area contributed by atoms with E-state index in [9.17, 15) is 14.4 Å². The molecule has 0 saturated heterocycles. The van der Waals surface area contributed by atoms with Crippen LogP contribution < -0.4 is 15.4 Å². The van der Waals surface area contributed by atoms with E-state index in [2.05, 4.69) is 53.0 Å². The first-order chi connectivity index (χ1) is 25.0. The van der Waals surface area contributed by atoms with E-state index in [0.717, 1.165) is 77.4 Å². The second kappa shape index (κ2) is 27.0. The molecule has 0 spiro atoms. The van der Waals surface area contributed by atoms with Crippen molar-refractivity contribution in [2.24, 2.45) is 0 Å². The predicted molar refractivity (Wildman–Crippen MR) is 213 cm³/mol. The highest BCUT2D eigenvalue weighted by Gasteiger charge is 2.26. The van der Waals surface area contributed by atoms with Gasteiger partial charge in [0.15, 0.2) is 0 Å². The summed E-state index contributed by atoms with van der Waals surface area (Å²) in [5.74, 6) is 0.642. The lowest BCUT2D eigenvalue weighted by Crippen LogP contribution is -2.41. The third-order valence-corrected chi connectivity index (χ3v) is 11.1. The molecular formula is C43H69N3O4S. The lowest BCUT2D eigenvalue weighted by molar-refractivity contribution is -0.134. The third kappa shape index (κ3) is 18.6. The first-order valence-electron chi connectivity index (χ1n) is 20.6. The lowest BCUT2D eigenvalue weighted by atomic mass is 9.86. The molecule has 1 aliphatic rings. The molecule has 1 aromatic heterocycles. The Morgan fingerprint density at radius 2 is 1.33 bits per heavy atom. The molecule has 286 valence electrons. The number of hydrogen-bond donors (Lipinski definition) is 2. The van der Waals surface area contributed by atoms with Gasteiger partial charge >= 0.3 is 5.97 Å². The van der Waals surface area contributed by atoms with E-state index in [4.69, 9.17) is 4.74 Å². The van der Waals surface area contributed by atoms with Gasteiger partial charge in [-0.1, -0.05) is 109 Å². The van der Waals surface area contributed by atoms with Gasteiger partial charge in [-0.15, -0.1) is 11.3 Å². The average Bonchev–Trinajstić information content (AvgIpc) is 3.66. The Bertz CT molecular complexity index is 1230. The number of ether oxygens (including phenoxy) is 1. The molecule has 3 rings (SSSR count). The molecule has 1 aromatic carbocycles. The van der Waals surface area contributed by atoms with Crippen LogP contribution >= 0.6 is 11.3 Å². The van der Waals surface area contributed by atoms with Crippen molar-refractivity contribution in [1.29, 1.82) is 0 Å². The van der Waals surface area contributed by atoms with Crippen LogP contribution in [0.4, 0.5) is 0 Å². The fourth-order valence-electron chi connectivity index (χ4n) is 7.24. The minimum Gasteiger partial charge on any atom is -0.426 e. The van der Waals surface area contributed by atoms with E-state index < -0.39 is 0 Å². The van der Waals surface area contributed by atoms with Crippen LogP contribution in [0, 0.1) is 0 Å². The number of nitrogens with zero attached hydrogens (tertiary/aromatic N) is 1. The number of nitrogens with one attached hydrogen (secondary N) is 2. The van der Waals surface area contributed by atoms with Gasteiger partial charge in [0.05, 0.1) is 6.42 Å². The summed E-state index contributed by atoms with van der Waals surface area (Å²) in [6.45, 7) is 7.65. The molecule has 0 fully saturated rings. The minimum atomic E-state index is -0.283. The monoisotopic (exact) mass is 724 g/mol. The Morgan fingerprint density at radius 1 is 0.725 bits per heavy atom. The second-order valence-corrected chi connectivity index (χ2v) is 15.6. The first kappa shape index (κ1) is 42.7. The summed E-state index contributed by atoms with van der Waals surface area (Å²) in [4.78, 5) is 40.7. The van der Waals surface area contributed by atoms with Gasteiger partial charge < -0.3 is 15.4 Å². The number of carbonyl (C=O) groups excluding carboxylic acids is 3. The Morgan fingerprint density at radius 3 is 1.90 bits per heavy atom. The molecule has 2 N–H and O–H groups in total. The number of carbonyl (C=O) groups is 3. The molecule has 7 nitrogen and oxygen atoms in total. The SMILES string of the molecule is CCCNC(=O)CCCCCCCCCCCCCCCCC(=O)NCCC(=O)Oc1cccc2c1CCC(N(CCC)CCc1cccs1)C2. The molecule has 0 saturated carbocycles. The second-order valence-electron chi connectivity index (χ2n) is 14.5. The normalized spacial score (nSPS) is 14.0. The molecule has 2 amide bonds. The molecule has 51 heavy (non-hydrogen) atoms. The lowest BCUT2D eigenvalue weighted by Gasteiger charge is -2.35. The summed E-state index contributed by atoms with van der Waals surface area (Å²) in [7, 11) is 0. The standard InChI is InChI=1S/C43H69N3O4S/c1-3-30-44-41(47)24-17-15-13-11-9-7-5-6-8-10-12-14-16-18-25-42(48)45-31-28-43(49)50-40-23-19-21-36-35-37(26-27-39(36)40)46(32-4-2)33-29-38-22-20-34-51-38/h19-23,34,37H,3-18,24-33,35H2,1-2H3,(H,44,47)(H,45,48). The molecule has 2 aromatic rings. The molecule has 1 aliphatic carbocycles. The maximum absolute atomic E-state index is 12.7. The number of unbranched alkanes of at least 4 members (excludes halogenated alkanes) is 13. The minimum absolute atomic E-state index is 0.0270. The van der Waals surface area contributed by atoms with Crippen molar-refractivity contribution in [3.63, 3.8) is 0 Å². The Labute approximate surface area is 314 Å². The van der Waals surface area contributed by atoms with Crippen LogP contribution in [0.1, 0.15) is 158 Å². The summed E-state index contributed by atoms with van der Waals surface area (Å²) in [6.07, 6.45) is 24.7. The summed E-state index contributed by atoms with van der Waals surface area (Å²) in [5, 5.41) is 8.02. The van der Waals surface area contributed by atoms with Gasteiger partial charge in [0.25, 0.3) is 0 Å². The smallest absolute Gasteiger partial charge is 0.312 e. The van der Waals surface area contributed by atoms with Crippen molar-refractivity contribution in [2.45, 2.75) is 168 Å². The van der Waals surface area contributed by atoms with E-state index in [-0.39, 0.29) is 24.2 Å². The van der Waals surface area contributed by atoms with Gasteiger partial charge in [0, 0.05) is 43.4 Å². The van der Waals surface area contributed by atoms with Gasteiger partial charge in [0.1, 0.15) is 5.75 Å². The van der Waals surface area contributed by atoms with Crippen LogP contribution in [0.3, 0.4) is 0 Å². The van der Waals surface area contributed by atoms with Crippen LogP contribution in [-0.4, -0.2) is 54.9 Å². The van der Waals surface area contributed by atoms with Crippen LogP contribution in [0.2, 0.25) is 0 Å². The molecule has 0 radical (unpaired) electrons. The molecule has 8 heteroatoms. The van der Waals surface area contributed by atoms with Gasteiger partial charge in [0.2, 0.25) is 11.8 Å². The number of esters is 1. The zero-order chi connectivity index (χ0) is 36.4. The number of hydrogen-bond acceptors (Lipinski definition) is 6. The molecule has 1 unspecified atom stereocenters. The van der Waals surface area contributed by atoms with E-state index in [0.29, 0.717) is 31.2 Å². The van der Waals surface area contributed by atoms with Crippen molar-refractivity contribution >= 4 is 29.1 Å². The van der Waals surface area contributed by atoms with Crippen LogP contribution in [0.15, 0.2) is 35.7 Å². The van der Waals surface area contributed by atoms with Gasteiger partial charge in [-0.2, -0.15) is 0 Å². The van der Waals surface area contributed by atoms with Gasteiger partial charge in [-0.05, 0) is 86.6 Å². The molecule has 0 aliphatic heterocycles. The predicted octanol–water partition coefficient (Wildman–Crippen LogP) is 9.74. The molecule has 0 bridgehead atoms. The van der Waals surface area contributed by atoms with E-state index in [1.165, 1.54) is 86.6 Å². The Balaban J connectivity index is 1.16. The van der Waals surface area contributed by atoms with Crippen molar-refractivity contribution in [1.82, 2.24) is 15.5 Å². The maximum atomic E-state index is 12.7. The maximum Gasteiger partial charge on any atom is 0.312 e. The fourth-order valence-corrected chi connectivity index (χ4v) is 7.94. The number of thiophene rings is 1. The van der Waals surface area contributed by atoms with Crippen molar-refractivity contribution in [3.05, 3.63) is 51.7 Å². The van der Waals surface area contributed by atoms with E-state index in [1.54, 1.807) is 0 Å². The van der Waals surface area contributed by atoms with E-state index in [1.807, 2.05) is 23.5 Å². The van der Waals surface area contributed by atoms with Crippen molar-refractivity contribution in [2.75, 3.05) is 26.2 Å². The molecule has 1 atom stereocenters. The number of fused-ring (bicyclic) bond motifs is 1. The topological polar surface area (TPSA) is 87.7 Å². The summed E-state index contributed by atoms with van der Waals surface area (Å²) in [5.41, 5.74) is 2.46. The zero-order valence-corrected chi connectivity index (χ0v) is 32.9. The van der Waals surface area contributed by atoms with Crippen LogP contribution in [0.5, 0.6) is 5.75 Å². The van der Waals surface area contributed by atoms with Crippen LogP contribution in [0.25, 0.3) is 0 Å². The highest BCUT2D eigenvalue weighted by Crippen LogP contribution is 2.32. The van der Waals surface area contributed by atoms with Gasteiger partial charge in [-0.25, -0.2) is 0 Å². The van der Waals surface area contributed by atoms with Gasteiger partial charge in [-0.3, -0.25) is 19.3 Å². The summed E-state index contributed by atoms with van der Waals surface area (Å²) < 4.78 is 5.83. The fraction of sp³-hybridized carbons (Fsp3) is 0.698. The zero-order valence-electron chi connectivity index (χ0n) is 32.1. The van der Waals surface area contributed by atoms with Crippen LogP contribution in [-0.2, 0) is 33.6 Å². The summed E-state index contributed by atoms with van der Waals surface area (Å²) in [6, 6.07) is 11.0. The van der Waals surface area contributed by atoms with Crippen molar-refractivity contribution in [3.8, 4) is 5.75 Å². The number of rotatable bonds is 29. The average molecular weight is 724 g/mol.